The molecule has 0 unspecified atom stereocenters. The van der Waals surface area contributed by atoms with E-state index < -0.39 is 11.8 Å². The maximum Gasteiger partial charge on any atom is 0.267 e. The van der Waals surface area contributed by atoms with Crippen molar-refractivity contribution in [2.24, 2.45) is 0 Å². The molecule has 0 aromatic heterocycles. The number of hydrogen-bond acceptors (Lipinski definition) is 5. The van der Waals surface area contributed by atoms with E-state index in [1.807, 2.05) is 13.8 Å². The summed E-state index contributed by atoms with van der Waals surface area (Å²) in [4.78, 5) is 24.9. The monoisotopic (exact) mass is 384 g/mol. The molecule has 0 saturated carbocycles. The fourth-order valence-corrected chi connectivity index (χ4v) is 2.31. The first kappa shape index (κ1) is 21.0. The smallest absolute Gasteiger partial charge is 0.267 e. The molecular formula is C21H24N2O5. The third-order valence-electron chi connectivity index (χ3n) is 3.58. The normalized spacial score (nSPS) is 11.2. The second-order valence-corrected chi connectivity index (χ2v) is 6.27. The van der Waals surface area contributed by atoms with Crippen molar-refractivity contribution in [1.29, 1.82) is 0 Å². The lowest BCUT2D eigenvalue weighted by atomic mass is 10.1. The van der Waals surface area contributed by atoms with Crippen molar-refractivity contribution in [1.82, 2.24) is 10.6 Å². The van der Waals surface area contributed by atoms with Crippen LogP contribution in [0.2, 0.25) is 0 Å². The molecule has 0 heterocycles. The molecular weight excluding hydrogens is 360 g/mol. The Morgan fingerprint density at radius 3 is 2.29 bits per heavy atom. The minimum absolute atomic E-state index is 0.0200. The summed E-state index contributed by atoms with van der Waals surface area (Å²) < 4.78 is 5.55. The summed E-state index contributed by atoms with van der Waals surface area (Å²) in [6.45, 7) is 3.66. The number of aromatic hydroxyl groups is 1. The van der Waals surface area contributed by atoms with Crippen LogP contribution in [0, 0.1) is 0 Å². The maximum absolute atomic E-state index is 12.5. The summed E-state index contributed by atoms with van der Waals surface area (Å²) in [5.41, 5.74) is 1.00. The zero-order valence-electron chi connectivity index (χ0n) is 15.8. The van der Waals surface area contributed by atoms with Crippen LogP contribution >= 0.6 is 0 Å². The minimum Gasteiger partial charge on any atom is -0.508 e. The van der Waals surface area contributed by atoms with Gasteiger partial charge in [0.25, 0.3) is 11.8 Å². The van der Waals surface area contributed by atoms with Crippen LogP contribution < -0.4 is 15.4 Å². The van der Waals surface area contributed by atoms with Gasteiger partial charge in [-0.15, -0.1) is 0 Å². The van der Waals surface area contributed by atoms with Crippen molar-refractivity contribution in [3.8, 4) is 11.5 Å². The third kappa shape index (κ3) is 6.44. The van der Waals surface area contributed by atoms with Crippen molar-refractivity contribution in [2.75, 3.05) is 13.2 Å². The first-order valence-electron chi connectivity index (χ1n) is 8.87. The molecule has 0 atom stereocenters. The largest absolute Gasteiger partial charge is 0.508 e. The fourth-order valence-electron chi connectivity index (χ4n) is 2.31. The number of phenolic OH excluding ortho intramolecular Hbond substituents is 1. The van der Waals surface area contributed by atoms with Crippen LogP contribution in [-0.2, 0) is 4.79 Å². The summed E-state index contributed by atoms with van der Waals surface area (Å²) in [5, 5.41) is 23.4. The number of amides is 2. The van der Waals surface area contributed by atoms with E-state index >= 15 is 0 Å². The van der Waals surface area contributed by atoms with Crippen molar-refractivity contribution in [2.45, 2.75) is 20.0 Å². The molecule has 0 aliphatic heterocycles. The Morgan fingerprint density at radius 2 is 1.71 bits per heavy atom. The second-order valence-electron chi connectivity index (χ2n) is 6.27. The lowest BCUT2D eigenvalue weighted by molar-refractivity contribution is -0.117. The number of rotatable bonds is 8. The fraction of sp³-hybridized carbons (Fsp3) is 0.238. The van der Waals surface area contributed by atoms with Gasteiger partial charge in [0.05, 0.1) is 12.7 Å². The molecule has 0 aliphatic carbocycles. The molecule has 4 N–H and O–H groups in total. The quantitative estimate of drug-likeness (QED) is 0.521. The Balaban J connectivity index is 2.19. The van der Waals surface area contributed by atoms with Crippen LogP contribution in [0.3, 0.4) is 0 Å². The highest BCUT2D eigenvalue weighted by Crippen LogP contribution is 2.15. The molecule has 2 aromatic carbocycles. The molecule has 2 rings (SSSR count). The van der Waals surface area contributed by atoms with Crippen LogP contribution in [0.25, 0.3) is 6.08 Å². The maximum atomic E-state index is 12.5. The first-order chi connectivity index (χ1) is 13.4. The highest BCUT2D eigenvalue weighted by Gasteiger charge is 2.14. The molecule has 0 radical (unpaired) electrons. The van der Waals surface area contributed by atoms with E-state index in [1.165, 1.54) is 18.2 Å². The van der Waals surface area contributed by atoms with Crippen LogP contribution in [0.15, 0.2) is 54.2 Å². The van der Waals surface area contributed by atoms with E-state index in [2.05, 4.69) is 10.6 Å². The summed E-state index contributed by atoms with van der Waals surface area (Å²) in [5.74, 6) is -0.251. The van der Waals surface area contributed by atoms with E-state index in [9.17, 15) is 14.7 Å². The molecule has 7 heteroatoms. The zero-order valence-corrected chi connectivity index (χ0v) is 15.8. The van der Waals surface area contributed by atoms with Gasteiger partial charge in [-0.3, -0.25) is 9.59 Å². The van der Waals surface area contributed by atoms with Crippen LogP contribution in [-0.4, -0.2) is 41.3 Å². The molecule has 0 bridgehead atoms. The number of nitrogens with one attached hydrogen (secondary N) is 2. The van der Waals surface area contributed by atoms with E-state index in [1.54, 1.807) is 36.4 Å². The van der Waals surface area contributed by atoms with Gasteiger partial charge in [0.1, 0.15) is 17.2 Å². The number of aliphatic hydroxyl groups excluding tert-OH is 1. The molecule has 2 amide bonds. The number of phenols is 1. The number of carbonyl (C=O) groups is 2. The number of ether oxygens (including phenoxy) is 1. The van der Waals surface area contributed by atoms with E-state index in [-0.39, 0.29) is 30.7 Å². The second kappa shape index (κ2) is 10.1. The summed E-state index contributed by atoms with van der Waals surface area (Å²) >= 11 is 0. The highest BCUT2D eigenvalue weighted by atomic mass is 16.5. The number of carbonyl (C=O) groups excluding carboxylic acids is 2. The lowest BCUT2D eigenvalue weighted by Crippen LogP contribution is -2.36. The standard InChI is InChI=1S/C21H24N2O5/c1-14(2)28-18-9-5-16(6-10-18)20(26)23-19(21(27)22-11-12-24)13-15-3-7-17(25)8-4-15/h3-10,13-14,24-25H,11-12H2,1-2H3,(H,22,27)(H,23,26)/b19-13-. The molecule has 0 spiro atoms. The van der Waals surface area contributed by atoms with Crippen molar-refractivity contribution in [3.05, 3.63) is 65.4 Å². The van der Waals surface area contributed by atoms with Crippen molar-refractivity contribution in [3.63, 3.8) is 0 Å². The third-order valence-corrected chi connectivity index (χ3v) is 3.58. The Hall–Kier alpha value is -3.32. The van der Waals surface area contributed by atoms with Crippen LogP contribution in [0.5, 0.6) is 11.5 Å². The van der Waals surface area contributed by atoms with Gasteiger partial charge in [0.15, 0.2) is 0 Å². The average Bonchev–Trinajstić information content (AvgIpc) is 2.67. The van der Waals surface area contributed by atoms with Gasteiger partial charge in [0.2, 0.25) is 0 Å². The summed E-state index contributed by atoms with van der Waals surface area (Å²) in [6.07, 6.45) is 1.51. The molecule has 0 fully saturated rings. The lowest BCUT2D eigenvalue weighted by Gasteiger charge is -2.12. The Kier molecular flexibility index (Phi) is 7.59. The predicted octanol–water partition coefficient (Wildman–Crippen LogP) is 2.06. The zero-order chi connectivity index (χ0) is 20.5. The van der Waals surface area contributed by atoms with Gasteiger partial charge in [-0.1, -0.05) is 12.1 Å². The molecule has 2 aromatic rings. The molecule has 7 nitrogen and oxygen atoms in total. The van der Waals surface area contributed by atoms with E-state index in [0.29, 0.717) is 16.9 Å². The Bertz CT molecular complexity index is 827. The van der Waals surface area contributed by atoms with E-state index in [0.717, 1.165) is 0 Å². The first-order valence-corrected chi connectivity index (χ1v) is 8.87. The van der Waals surface area contributed by atoms with Gasteiger partial charge in [-0.2, -0.15) is 0 Å². The van der Waals surface area contributed by atoms with Crippen molar-refractivity contribution >= 4 is 17.9 Å². The van der Waals surface area contributed by atoms with Crippen LogP contribution in [0.4, 0.5) is 0 Å². The molecule has 148 valence electrons. The van der Waals surface area contributed by atoms with Crippen molar-refractivity contribution < 1.29 is 24.5 Å². The number of hydrogen-bond donors (Lipinski definition) is 4. The van der Waals surface area contributed by atoms with E-state index in [4.69, 9.17) is 9.84 Å². The summed E-state index contributed by atoms with van der Waals surface area (Å²) in [7, 11) is 0. The summed E-state index contributed by atoms with van der Waals surface area (Å²) in [6, 6.07) is 12.8. The van der Waals surface area contributed by atoms with Crippen LogP contribution in [0.1, 0.15) is 29.8 Å². The van der Waals surface area contributed by atoms with Gasteiger partial charge in [-0.05, 0) is 61.9 Å². The Morgan fingerprint density at radius 1 is 1.07 bits per heavy atom. The SMILES string of the molecule is CC(C)Oc1ccc(C(=O)N/C(=C\c2ccc(O)cc2)C(=O)NCCO)cc1. The minimum atomic E-state index is -0.532. The molecule has 0 saturated heterocycles. The average molecular weight is 384 g/mol. The predicted molar refractivity (Wildman–Crippen MR) is 106 cm³/mol. The van der Waals surface area contributed by atoms with Gasteiger partial charge in [0, 0.05) is 12.1 Å². The molecule has 28 heavy (non-hydrogen) atoms. The Labute approximate surface area is 163 Å². The number of benzene rings is 2. The van der Waals surface area contributed by atoms with Gasteiger partial charge >= 0.3 is 0 Å². The highest BCUT2D eigenvalue weighted by molar-refractivity contribution is 6.05. The van der Waals surface area contributed by atoms with Gasteiger partial charge < -0.3 is 25.6 Å². The number of aliphatic hydroxyl groups is 1. The molecule has 0 aliphatic rings. The van der Waals surface area contributed by atoms with Gasteiger partial charge in [-0.25, -0.2) is 0 Å². The topological polar surface area (TPSA) is 108 Å².